The molecule has 0 saturated carbocycles. The van der Waals surface area contributed by atoms with Gasteiger partial charge >= 0.3 is 0 Å². The Kier molecular flexibility index (Phi) is 6.57. The van der Waals surface area contributed by atoms with Crippen LogP contribution in [0.15, 0.2) is 18.2 Å². The van der Waals surface area contributed by atoms with Crippen molar-refractivity contribution in [1.82, 2.24) is 10.2 Å². The number of benzene rings is 1. The number of nitrogens with one attached hydrogen (secondary N) is 1. The first-order chi connectivity index (χ1) is 10.1. The van der Waals surface area contributed by atoms with Crippen LogP contribution in [0, 0.1) is 13.8 Å². The number of aliphatic hydroxyl groups is 1. The van der Waals surface area contributed by atoms with Gasteiger partial charge in [-0.2, -0.15) is 0 Å². The van der Waals surface area contributed by atoms with E-state index in [1.807, 2.05) is 58.6 Å². The molecule has 4 nitrogen and oxygen atoms in total. The van der Waals surface area contributed by atoms with Gasteiger partial charge in [-0.15, -0.1) is 0 Å². The minimum atomic E-state index is -0.582. The first kappa shape index (κ1) is 18.7. The number of nitrogens with zero attached hydrogens (tertiary/aromatic N) is 1. The summed E-state index contributed by atoms with van der Waals surface area (Å²) < 4.78 is 0. The number of hydrogen-bond acceptors (Lipinski definition) is 3. The lowest BCUT2D eigenvalue weighted by Crippen LogP contribution is -2.46. The Bertz CT molecular complexity index is 486. The van der Waals surface area contributed by atoms with Crippen molar-refractivity contribution in [1.29, 1.82) is 0 Å². The van der Waals surface area contributed by atoms with Gasteiger partial charge in [0.1, 0.15) is 0 Å². The Labute approximate surface area is 134 Å². The van der Waals surface area contributed by atoms with Crippen molar-refractivity contribution < 1.29 is 9.90 Å². The van der Waals surface area contributed by atoms with E-state index < -0.39 is 6.10 Å². The highest BCUT2D eigenvalue weighted by Crippen LogP contribution is 2.18. The number of amides is 1. The van der Waals surface area contributed by atoms with Gasteiger partial charge in [-0.3, -0.25) is 9.69 Å². The molecule has 1 aromatic carbocycles. The topological polar surface area (TPSA) is 52.6 Å². The molecule has 1 aromatic rings. The smallest absolute Gasteiger partial charge is 0.234 e. The van der Waals surface area contributed by atoms with E-state index in [4.69, 9.17) is 0 Å². The molecule has 0 aliphatic heterocycles. The third-order valence-electron chi connectivity index (χ3n) is 3.39. The maximum atomic E-state index is 12.0. The van der Waals surface area contributed by atoms with Gasteiger partial charge in [-0.25, -0.2) is 0 Å². The third kappa shape index (κ3) is 6.58. The average molecular weight is 306 g/mol. The Morgan fingerprint density at radius 1 is 1.23 bits per heavy atom. The number of likely N-dealkylation sites (N-methyl/N-ethyl adjacent to an activating group) is 1. The largest absolute Gasteiger partial charge is 0.387 e. The summed E-state index contributed by atoms with van der Waals surface area (Å²) in [6, 6.07) is 6.09. The zero-order valence-corrected chi connectivity index (χ0v) is 14.7. The van der Waals surface area contributed by atoms with Crippen molar-refractivity contribution >= 4 is 5.91 Å². The van der Waals surface area contributed by atoms with Gasteiger partial charge in [-0.1, -0.05) is 36.2 Å². The maximum Gasteiger partial charge on any atom is 0.234 e. The highest BCUT2D eigenvalue weighted by atomic mass is 16.3. The standard InChI is InChI=1S/C18H30N2O2/c1-7-20(12-17(22)19-18(4,5)6)11-16(21)15-9-13(2)8-14(3)10-15/h8-10,16,21H,7,11-12H2,1-6H3,(H,19,22). The predicted octanol–water partition coefficient (Wildman–Crippen LogP) is 2.57. The van der Waals surface area contributed by atoms with Gasteiger partial charge in [0.15, 0.2) is 0 Å². The number of carbonyl (C=O) groups is 1. The molecule has 1 amide bonds. The molecule has 0 fully saturated rings. The predicted molar refractivity (Wildman–Crippen MR) is 90.9 cm³/mol. The summed E-state index contributed by atoms with van der Waals surface area (Å²) in [6.45, 7) is 13.4. The normalized spacial score (nSPS) is 13.3. The van der Waals surface area contributed by atoms with Crippen LogP contribution in [0.1, 0.15) is 50.5 Å². The lowest BCUT2D eigenvalue weighted by molar-refractivity contribution is -0.123. The van der Waals surface area contributed by atoms with E-state index in [1.165, 1.54) is 0 Å². The lowest BCUT2D eigenvalue weighted by atomic mass is 10.0. The highest BCUT2D eigenvalue weighted by molar-refractivity contribution is 5.78. The quantitative estimate of drug-likeness (QED) is 0.849. The van der Waals surface area contributed by atoms with E-state index in [2.05, 4.69) is 11.4 Å². The van der Waals surface area contributed by atoms with Crippen molar-refractivity contribution in [3.8, 4) is 0 Å². The van der Waals surface area contributed by atoms with Crippen molar-refractivity contribution in [3.05, 3.63) is 34.9 Å². The molecule has 0 heterocycles. The molecule has 1 unspecified atom stereocenters. The molecule has 0 aromatic heterocycles. The summed E-state index contributed by atoms with van der Waals surface area (Å²) in [6.07, 6.45) is -0.582. The molecule has 2 N–H and O–H groups in total. The van der Waals surface area contributed by atoms with Crippen LogP contribution in [0.5, 0.6) is 0 Å². The molecule has 4 heteroatoms. The Balaban J connectivity index is 2.67. The van der Waals surface area contributed by atoms with E-state index in [-0.39, 0.29) is 11.4 Å². The Morgan fingerprint density at radius 3 is 2.23 bits per heavy atom. The molecule has 0 spiro atoms. The average Bonchev–Trinajstić information content (AvgIpc) is 2.34. The summed E-state index contributed by atoms with van der Waals surface area (Å²) in [7, 11) is 0. The number of carbonyl (C=O) groups excluding carboxylic acids is 1. The fraction of sp³-hybridized carbons (Fsp3) is 0.611. The van der Waals surface area contributed by atoms with Gasteiger partial charge in [0.05, 0.1) is 12.6 Å². The molecular weight excluding hydrogens is 276 g/mol. The van der Waals surface area contributed by atoms with Crippen LogP contribution in [-0.2, 0) is 4.79 Å². The van der Waals surface area contributed by atoms with E-state index in [0.29, 0.717) is 13.1 Å². The molecule has 0 radical (unpaired) electrons. The number of aryl methyl sites for hydroxylation is 2. The van der Waals surface area contributed by atoms with Crippen LogP contribution in [0.2, 0.25) is 0 Å². The zero-order valence-electron chi connectivity index (χ0n) is 14.7. The van der Waals surface area contributed by atoms with Gasteiger partial charge in [0.25, 0.3) is 0 Å². The molecule has 1 rings (SSSR count). The molecule has 0 aliphatic carbocycles. The monoisotopic (exact) mass is 306 g/mol. The van der Waals surface area contributed by atoms with Crippen molar-refractivity contribution in [3.63, 3.8) is 0 Å². The third-order valence-corrected chi connectivity index (χ3v) is 3.39. The molecule has 124 valence electrons. The zero-order chi connectivity index (χ0) is 16.9. The van der Waals surface area contributed by atoms with E-state index in [0.717, 1.165) is 23.2 Å². The van der Waals surface area contributed by atoms with Crippen LogP contribution >= 0.6 is 0 Å². The van der Waals surface area contributed by atoms with Crippen molar-refractivity contribution in [2.24, 2.45) is 0 Å². The van der Waals surface area contributed by atoms with Crippen LogP contribution in [0.3, 0.4) is 0 Å². The number of aliphatic hydroxyl groups excluding tert-OH is 1. The first-order valence-electron chi connectivity index (χ1n) is 7.90. The summed E-state index contributed by atoms with van der Waals surface area (Å²) in [5.41, 5.74) is 2.96. The molecule has 0 aliphatic rings. The minimum Gasteiger partial charge on any atom is -0.387 e. The first-order valence-corrected chi connectivity index (χ1v) is 7.90. The van der Waals surface area contributed by atoms with E-state index >= 15 is 0 Å². The van der Waals surface area contributed by atoms with Crippen LogP contribution in [-0.4, -0.2) is 41.1 Å². The molecule has 0 bridgehead atoms. The molecule has 0 saturated heterocycles. The SMILES string of the molecule is CCN(CC(=O)NC(C)(C)C)CC(O)c1cc(C)cc(C)c1. The Morgan fingerprint density at radius 2 is 1.77 bits per heavy atom. The van der Waals surface area contributed by atoms with E-state index in [9.17, 15) is 9.90 Å². The fourth-order valence-corrected chi connectivity index (χ4v) is 2.52. The van der Waals surface area contributed by atoms with E-state index in [1.54, 1.807) is 0 Å². The van der Waals surface area contributed by atoms with Crippen LogP contribution < -0.4 is 5.32 Å². The second kappa shape index (κ2) is 7.75. The van der Waals surface area contributed by atoms with Crippen molar-refractivity contribution in [2.75, 3.05) is 19.6 Å². The maximum absolute atomic E-state index is 12.0. The summed E-state index contributed by atoms with van der Waals surface area (Å²) in [5.74, 6) is -0.0121. The van der Waals surface area contributed by atoms with Gasteiger partial charge in [-0.05, 0) is 46.7 Å². The molecular formula is C18H30N2O2. The lowest BCUT2D eigenvalue weighted by Gasteiger charge is -2.26. The number of rotatable bonds is 6. The summed E-state index contributed by atoms with van der Waals surface area (Å²) >= 11 is 0. The highest BCUT2D eigenvalue weighted by Gasteiger charge is 2.18. The molecule has 22 heavy (non-hydrogen) atoms. The van der Waals surface area contributed by atoms with Crippen LogP contribution in [0.4, 0.5) is 0 Å². The second-order valence-electron chi connectivity index (χ2n) is 7.06. The van der Waals surface area contributed by atoms with Gasteiger partial charge in [0, 0.05) is 12.1 Å². The summed E-state index contributed by atoms with van der Waals surface area (Å²) in [4.78, 5) is 14.0. The molecule has 1 atom stereocenters. The minimum absolute atomic E-state index is 0.0121. The fourth-order valence-electron chi connectivity index (χ4n) is 2.52. The van der Waals surface area contributed by atoms with Gasteiger partial charge in [0.2, 0.25) is 5.91 Å². The van der Waals surface area contributed by atoms with Gasteiger partial charge < -0.3 is 10.4 Å². The van der Waals surface area contributed by atoms with Crippen LogP contribution in [0.25, 0.3) is 0 Å². The Hall–Kier alpha value is -1.39. The van der Waals surface area contributed by atoms with Crippen molar-refractivity contribution in [2.45, 2.75) is 53.2 Å². The summed E-state index contributed by atoms with van der Waals surface area (Å²) in [5, 5.41) is 13.4. The number of hydrogen-bond donors (Lipinski definition) is 2. The second-order valence-corrected chi connectivity index (χ2v) is 7.06.